The number of nitrogen functional groups attached to an aromatic ring is 1. The van der Waals surface area contributed by atoms with E-state index in [1.165, 1.54) is 16.7 Å². The molecule has 0 saturated heterocycles. The van der Waals surface area contributed by atoms with Gasteiger partial charge in [-0.15, -0.1) is 0 Å². The molecule has 5 nitrogen and oxygen atoms in total. The summed E-state index contributed by atoms with van der Waals surface area (Å²) < 4.78 is 12.9. The lowest BCUT2D eigenvalue weighted by Crippen LogP contribution is -2.13. The molecule has 27 heavy (non-hydrogen) atoms. The van der Waals surface area contributed by atoms with E-state index in [1.54, 1.807) is 14.2 Å². The highest BCUT2D eigenvalue weighted by molar-refractivity contribution is 5.47. The zero-order valence-electron chi connectivity index (χ0n) is 16.0. The largest absolute Gasteiger partial charge is 0.497 e. The molecule has 2 atom stereocenters. The number of methoxy groups -OCH3 is 2. The van der Waals surface area contributed by atoms with Crippen LogP contribution in [0.5, 0.6) is 11.5 Å². The van der Waals surface area contributed by atoms with Crippen molar-refractivity contribution in [3.63, 3.8) is 0 Å². The van der Waals surface area contributed by atoms with E-state index in [0.29, 0.717) is 11.9 Å². The summed E-state index contributed by atoms with van der Waals surface area (Å²) in [5.41, 5.74) is 10.9. The van der Waals surface area contributed by atoms with E-state index in [0.717, 1.165) is 30.0 Å². The summed E-state index contributed by atoms with van der Waals surface area (Å²) >= 11 is 0. The van der Waals surface area contributed by atoms with Crippen LogP contribution >= 0.6 is 0 Å². The summed E-state index contributed by atoms with van der Waals surface area (Å²) in [5.74, 6) is 2.97. The Balaban J connectivity index is 1.75. The Hall–Kier alpha value is -2.95. The fourth-order valence-electron chi connectivity index (χ4n) is 4.24. The fraction of sp³-hybridized carbons (Fsp3) is 0.318. The van der Waals surface area contributed by atoms with Crippen molar-refractivity contribution in [2.75, 3.05) is 20.0 Å². The van der Waals surface area contributed by atoms with Crippen LogP contribution in [0.4, 0.5) is 5.95 Å². The molecule has 1 aliphatic rings. The van der Waals surface area contributed by atoms with Crippen molar-refractivity contribution in [2.24, 2.45) is 13.0 Å². The maximum absolute atomic E-state index is 6.03. The summed E-state index contributed by atoms with van der Waals surface area (Å²) in [6, 6.07) is 14.6. The zero-order chi connectivity index (χ0) is 19.0. The number of hydrogen-bond acceptors (Lipinski definition) is 4. The van der Waals surface area contributed by atoms with Gasteiger partial charge < -0.3 is 19.8 Å². The number of fused-ring (bicyclic) bond motifs is 1. The van der Waals surface area contributed by atoms with Crippen LogP contribution in [-0.2, 0) is 19.9 Å². The molecule has 1 aliphatic carbocycles. The molecule has 0 radical (unpaired) electrons. The van der Waals surface area contributed by atoms with Gasteiger partial charge in [0.25, 0.3) is 0 Å². The summed E-state index contributed by atoms with van der Waals surface area (Å²) in [5, 5.41) is 0. The van der Waals surface area contributed by atoms with Crippen molar-refractivity contribution < 1.29 is 9.47 Å². The van der Waals surface area contributed by atoms with Gasteiger partial charge in [0.1, 0.15) is 11.5 Å². The quantitative estimate of drug-likeness (QED) is 0.753. The Bertz CT molecular complexity index is 944. The number of ether oxygens (including phenoxy) is 2. The third-order valence-electron chi connectivity index (χ3n) is 5.56. The molecule has 2 aromatic carbocycles. The topological polar surface area (TPSA) is 62.3 Å². The number of para-hydroxylation sites is 1. The van der Waals surface area contributed by atoms with Gasteiger partial charge in [-0.05, 0) is 53.6 Å². The predicted molar refractivity (Wildman–Crippen MR) is 106 cm³/mol. The van der Waals surface area contributed by atoms with Crippen molar-refractivity contribution >= 4 is 5.95 Å². The molecule has 5 heteroatoms. The second-order valence-corrected chi connectivity index (χ2v) is 7.16. The number of imidazole rings is 1. The van der Waals surface area contributed by atoms with Gasteiger partial charge in [-0.3, -0.25) is 0 Å². The van der Waals surface area contributed by atoms with Crippen LogP contribution in [-0.4, -0.2) is 23.8 Å². The lowest BCUT2D eigenvalue weighted by molar-refractivity contribution is 0.401. The van der Waals surface area contributed by atoms with Crippen LogP contribution in [0.1, 0.15) is 28.3 Å². The molecule has 0 saturated carbocycles. The van der Waals surface area contributed by atoms with Crippen molar-refractivity contribution in [3.05, 3.63) is 71.0 Å². The van der Waals surface area contributed by atoms with Gasteiger partial charge in [0.05, 0.1) is 19.9 Å². The first-order valence-electron chi connectivity index (χ1n) is 9.18. The van der Waals surface area contributed by atoms with Gasteiger partial charge in [-0.1, -0.05) is 24.3 Å². The Labute approximate surface area is 159 Å². The third kappa shape index (κ3) is 3.14. The highest BCUT2D eigenvalue weighted by atomic mass is 16.5. The predicted octanol–water partition coefficient (Wildman–Crippen LogP) is 3.57. The second-order valence-electron chi connectivity index (χ2n) is 7.16. The van der Waals surface area contributed by atoms with Crippen LogP contribution in [0.15, 0.2) is 48.7 Å². The SMILES string of the molecule is COc1ccc2c(c1)CC(Cc1ccccc1OC)C2c1cn(C)c(N)n1. The third-order valence-corrected chi connectivity index (χ3v) is 5.56. The fourth-order valence-corrected chi connectivity index (χ4v) is 4.24. The number of nitrogens with two attached hydrogens (primary N) is 1. The number of rotatable bonds is 5. The molecular weight excluding hydrogens is 338 g/mol. The smallest absolute Gasteiger partial charge is 0.200 e. The Morgan fingerprint density at radius 3 is 2.67 bits per heavy atom. The minimum absolute atomic E-state index is 0.208. The van der Waals surface area contributed by atoms with E-state index in [4.69, 9.17) is 15.2 Å². The monoisotopic (exact) mass is 363 g/mol. The molecule has 1 heterocycles. The van der Waals surface area contributed by atoms with Crippen molar-refractivity contribution in [1.29, 1.82) is 0 Å². The number of aromatic nitrogens is 2. The molecule has 3 aromatic rings. The molecule has 2 N–H and O–H groups in total. The molecule has 0 fully saturated rings. The van der Waals surface area contributed by atoms with Crippen molar-refractivity contribution in [2.45, 2.75) is 18.8 Å². The van der Waals surface area contributed by atoms with E-state index in [2.05, 4.69) is 35.4 Å². The van der Waals surface area contributed by atoms with Crippen LogP contribution in [0.25, 0.3) is 0 Å². The molecule has 2 unspecified atom stereocenters. The van der Waals surface area contributed by atoms with Gasteiger partial charge in [-0.2, -0.15) is 0 Å². The van der Waals surface area contributed by atoms with Crippen LogP contribution in [0, 0.1) is 5.92 Å². The van der Waals surface area contributed by atoms with E-state index in [-0.39, 0.29) is 5.92 Å². The lowest BCUT2D eigenvalue weighted by Gasteiger charge is -2.20. The van der Waals surface area contributed by atoms with Gasteiger partial charge in [0.2, 0.25) is 0 Å². The molecule has 0 amide bonds. The van der Waals surface area contributed by atoms with Crippen LogP contribution in [0.3, 0.4) is 0 Å². The average molecular weight is 363 g/mol. The first-order valence-corrected chi connectivity index (χ1v) is 9.18. The molecule has 0 aliphatic heterocycles. The van der Waals surface area contributed by atoms with Crippen LogP contribution in [0.2, 0.25) is 0 Å². The number of nitrogens with zero attached hydrogens (tertiary/aromatic N) is 2. The highest BCUT2D eigenvalue weighted by Gasteiger charge is 2.36. The van der Waals surface area contributed by atoms with E-state index < -0.39 is 0 Å². The standard InChI is InChI=1S/C22H25N3O2/c1-25-13-19(24-22(25)23)21-16(10-14-6-4-5-7-20(14)27-3)11-15-12-17(26-2)8-9-18(15)21/h4-9,12-13,16,21H,10-11H2,1-3H3,(H2,23,24). The van der Waals surface area contributed by atoms with Crippen LogP contribution < -0.4 is 15.2 Å². The molecule has 0 spiro atoms. The second kappa shape index (κ2) is 6.99. The minimum Gasteiger partial charge on any atom is -0.497 e. The Morgan fingerprint density at radius 1 is 1.15 bits per heavy atom. The minimum atomic E-state index is 0.208. The molecule has 140 valence electrons. The van der Waals surface area contributed by atoms with E-state index in [1.807, 2.05) is 29.8 Å². The lowest BCUT2D eigenvalue weighted by atomic mass is 9.85. The number of hydrogen-bond donors (Lipinski definition) is 1. The van der Waals surface area contributed by atoms with Gasteiger partial charge in [-0.25, -0.2) is 4.98 Å². The van der Waals surface area contributed by atoms with E-state index >= 15 is 0 Å². The molecule has 0 bridgehead atoms. The summed E-state index contributed by atoms with van der Waals surface area (Å²) in [6.07, 6.45) is 3.95. The maximum Gasteiger partial charge on any atom is 0.200 e. The molecular formula is C22H25N3O2. The summed E-state index contributed by atoms with van der Waals surface area (Å²) in [4.78, 5) is 4.65. The zero-order valence-corrected chi connectivity index (χ0v) is 16.0. The van der Waals surface area contributed by atoms with Gasteiger partial charge in [0.15, 0.2) is 5.95 Å². The first kappa shape index (κ1) is 17.5. The summed E-state index contributed by atoms with van der Waals surface area (Å²) in [7, 11) is 5.37. The van der Waals surface area contributed by atoms with Crippen molar-refractivity contribution in [3.8, 4) is 11.5 Å². The maximum atomic E-state index is 6.03. The van der Waals surface area contributed by atoms with Gasteiger partial charge >= 0.3 is 0 Å². The normalized spacial score (nSPS) is 18.3. The number of aryl methyl sites for hydroxylation is 1. The highest BCUT2D eigenvalue weighted by Crippen LogP contribution is 2.45. The summed E-state index contributed by atoms with van der Waals surface area (Å²) in [6.45, 7) is 0. The molecule has 1 aromatic heterocycles. The molecule has 4 rings (SSSR count). The average Bonchev–Trinajstić information content (AvgIpc) is 3.20. The first-order chi connectivity index (χ1) is 13.1. The van der Waals surface area contributed by atoms with Gasteiger partial charge in [0, 0.05) is 19.2 Å². The Morgan fingerprint density at radius 2 is 1.96 bits per heavy atom. The Kier molecular flexibility index (Phi) is 4.52. The van der Waals surface area contributed by atoms with Crippen molar-refractivity contribution in [1.82, 2.24) is 9.55 Å². The van der Waals surface area contributed by atoms with E-state index in [9.17, 15) is 0 Å². The number of anilines is 1. The number of benzene rings is 2.